The first-order valence-electron chi connectivity index (χ1n) is 8.74. The molecule has 1 atom stereocenters. The van der Waals surface area contributed by atoms with E-state index in [1.54, 1.807) is 6.33 Å². The molecule has 0 aliphatic heterocycles. The van der Waals surface area contributed by atoms with Crippen LogP contribution in [0.25, 0.3) is 22.3 Å². The van der Waals surface area contributed by atoms with E-state index in [1.165, 1.54) is 25.7 Å². The molecule has 128 valence electrons. The fourth-order valence-electron chi connectivity index (χ4n) is 3.92. The summed E-state index contributed by atoms with van der Waals surface area (Å²) in [6.45, 7) is 0. The van der Waals surface area contributed by atoms with Crippen LogP contribution in [0.4, 0.5) is 5.82 Å². The van der Waals surface area contributed by atoms with Gasteiger partial charge in [0.25, 0.3) is 0 Å². The Morgan fingerprint density at radius 1 is 1.40 bits per heavy atom. The Morgan fingerprint density at radius 3 is 3.00 bits per heavy atom. The molecule has 0 aromatic carbocycles. The molecule has 4 rings (SSSR count). The summed E-state index contributed by atoms with van der Waals surface area (Å²) in [6, 6.07) is 4.44. The van der Waals surface area contributed by atoms with E-state index in [9.17, 15) is 5.26 Å². The molecule has 0 saturated heterocycles. The number of H-pyrrole nitrogens is 1. The van der Waals surface area contributed by atoms with E-state index in [4.69, 9.17) is 5.10 Å². The van der Waals surface area contributed by atoms with E-state index in [2.05, 4.69) is 26.3 Å². The molecule has 25 heavy (non-hydrogen) atoms. The maximum absolute atomic E-state index is 9.29. The number of hydrogen-bond donors (Lipinski definition) is 2. The standard InChI is InChI=1S/C18H21N7/c1-20-17-14(16-13-7-9-21-18(13)23-11-22-16)10-25(24-17)15(6-8-19)12-4-2-3-5-12/h7,9-12,15H,2-6H2,1H3,(H,20,24)(H,21,22,23). The lowest BCUT2D eigenvalue weighted by Crippen LogP contribution is -2.17. The number of nitrogens with one attached hydrogen (secondary N) is 2. The van der Waals surface area contributed by atoms with Crippen molar-refractivity contribution >= 4 is 16.9 Å². The van der Waals surface area contributed by atoms with E-state index < -0.39 is 0 Å². The SMILES string of the molecule is CNc1nn(C(CC#N)C2CCCC2)cc1-c1ncnc2[nH]ccc12. The minimum Gasteiger partial charge on any atom is -0.371 e. The fraction of sp³-hybridized carbons (Fsp3) is 0.444. The molecule has 2 N–H and O–H groups in total. The van der Waals surface area contributed by atoms with Crippen LogP contribution in [0.1, 0.15) is 38.1 Å². The molecular weight excluding hydrogens is 314 g/mol. The zero-order valence-electron chi connectivity index (χ0n) is 14.2. The number of nitrogens with zero attached hydrogens (tertiary/aromatic N) is 5. The molecule has 0 spiro atoms. The highest BCUT2D eigenvalue weighted by Crippen LogP contribution is 2.38. The Morgan fingerprint density at radius 2 is 2.24 bits per heavy atom. The number of aromatic amines is 1. The van der Waals surface area contributed by atoms with Crippen molar-refractivity contribution in [2.45, 2.75) is 38.1 Å². The van der Waals surface area contributed by atoms with Crippen LogP contribution in [-0.4, -0.2) is 31.8 Å². The smallest absolute Gasteiger partial charge is 0.157 e. The van der Waals surface area contributed by atoms with Gasteiger partial charge in [-0.3, -0.25) is 4.68 Å². The average Bonchev–Trinajstić information content (AvgIpc) is 3.39. The Hall–Kier alpha value is -2.88. The molecule has 7 nitrogen and oxygen atoms in total. The van der Waals surface area contributed by atoms with Gasteiger partial charge in [-0.25, -0.2) is 9.97 Å². The van der Waals surface area contributed by atoms with Gasteiger partial charge in [-0.05, 0) is 24.8 Å². The van der Waals surface area contributed by atoms with Gasteiger partial charge >= 0.3 is 0 Å². The summed E-state index contributed by atoms with van der Waals surface area (Å²) in [5, 5.41) is 18.2. The van der Waals surface area contributed by atoms with Crippen LogP contribution in [0, 0.1) is 17.2 Å². The highest BCUT2D eigenvalue weighted by molar-refractivity contribution is 5.93. The lowest BCUT2D eigenvalue weighted by Gasteiger charge is -2.21. The van der Waals surface area contributed by atoms with Crippen molar-refractivity contribution in [3.05, 3.63) is 24.8 Å². The quantitative estimate of drug-likeness (QED) is 0.744. The zero-order chi connectivity index (χ0) is 17.2. The topological polar surface area (TPSA) is 95.2 Å². The minimum absolute atomic E-state index is 0.122. The maximum atomic E-state index is 9.29. The normalized spacial score (nSPS) is 16.2. The second kappa shape index (κ2) is 6.55. The second-order valence-corrected chi connectivity index (χ2v) is 6.56. The van der Waals surface area contributed by atoms with Gasteiger partial charge in [0.15, 0.2) is 5.82 Å². The molecule has 3 aromatic heterocycles. The predicted molar refractivity (Wildman–Crippen MR) is 95.9 cm³/mol. The van der Waals surface area contributed by atoms with Gasteiger partial charge < -0.3 is 10.3 Å². The Kier molecular flexibility index (Phi) is 4.10. The third-order valence-electron chi connectivity index (χ3n) is 5.16. The molecular formula is C18H21N7. The van der Waals surface area contributed by atoms with Crippen LogP contribution in [0.15, 0.2) is 24.8 Å². The van der Waals surface area contributed by atoms with Crippen molar-refractivity contribution in [1.29, 1.82) is 5.26 Å². The molecule has 3 heterocycles. The molecule has 7 heteroatoms. The molecule has 1 unspecified atom stereocenters. The average molecular weight is 335 g/mol. The van der Waals surface area contributed by atoms with Gasteiger partial charge in [-0.15, -0.1) is 0 Å². The summed E-state index contributed by atoms with van der Waals surface area (Å²) in [5.41, 5.74) is 2.60. The van der Waals surface area contributed by atoms with Crippen LogP contribution >= 0.6 is 0 Å². The monoisotopic (exact) mass is 335 g/mol. The van der Waals surface area contributed by atoms with Crippen molar-refractivity contribution in [3.8, 4) is 17.3 Å². The Balaban J connectivity index is 1.79. The summed E-state index contributed by atoms with van der Waals surface area (Å²) < 4.78 is 1.97. The summed E-state index contributed by atoms with van der Waals surface area (Å²) in [6.07, 6.45) is 10.8. The van der Waals surface area contributed by atoms with Crippen LogP contribution in [0.3, 0.4) is 0 Å². The highest BCUT2D eigenvalue weighted by atomic mass is 15.3. The number of hydrogen-bond acceptors (Lipinski definition) is 5. The summed E-state index contributed by atoms with van der Waals surface area (Å²) in [4.78, 5) is 11.9. The number of fused-ring (bicyclic) bond motifs is 1. The number of anilines is 1. The first-order valence-corrected chi connectivity index (χ1v) is 8.74. The van der Waals surface area contributed by atoms with E-state index in [-0.39, 0.29) is 6.04 Å². The Bertz CT molecular complexity index is 911. The molecule has 0 bridgehead atoms. The third-order valence-corrected chi connectivity index (χ3v) is 5.16. The lowest BCUT2D eigenvalue weighted by atomic mass is 9.96. The van der Waals surface area contributed by atoms with Crippen LogP contribution in [-0.2, 0) is 0 Å². The molecule has 1 aliphatic rings. The maximum Gasteiger partial charge on any atom is 0.157 e. The second-order valence-electron chi connectivity index (χ2n) is 6.56. The van der Waals surface area contributed by atoms with Crippen molar-refractivity contribution in [3.63, 3.8) is 0 Å². The molecule has 0 amide bonds. The van der Waals surface area contributed by atoms with E-state index in [0.29, 0.717) is 12.3 Å². The first-order chi connectivity index (χ1) is 12.3. The Labute approximate surface area is 146 Å². The van der Waals surface area contributed by atoms with Crippen molar-refractivity contribution in [2.75, 3.05) is 12.4 Å². The number of nitriles is 1. The van der Waals surface area contributed by atoms with Crippen LogP contribution in [0.5, 0.6) is 0 Å². The van der Waals surface area contributed by atoms with Gasteiger partial charge in [0.2, 0.25) is 0 Å². The molecule has 1 saturated carbocycles. The van der Waals surface area contributed by atoms with Crippen molar-refractivity contribution in [2.24, 2.45) is 5.92 Å². The molecule has 3 aromatic rings. The van der Waals surface area contributed by atoms with Gasteiger partial charge in [-0.2, -0.15) is 10.4 Å². The van der Waals surface area contributed by atoms with E-state index in [0.717, 1.165) is 28.1 Å². The predicted octanol–water partition coefficient (Wildman–Crippen LogP) is 3.51. The minimum atomic E-state index is 0.122. The number of aromatic nitrogens is 5. The van der Waals surface area contributed by atoms with E-state index in [1.807, 2.05) is 30.2 Å². The van der Waals surface area contributed by atoms with Gasteiger partial charge in [0.1, 0.15) is 12.0 Å². The van der Waals surface area contributed by atoms with Crippen LogP contribution in [0.2, 0.25) is 0 Å². The summed E-state index contributed by atoms with van der Waals surface area (Å²) in [5.74, 6) is 1.30. The third kappa shape index (κ3) is 2.74. The lowest BCUT2D eigenvalue weighted by molar-refractivity contribution is 0.315. The van der Waals surface area contributed by atoms with Gasteiger partial charge in [0, 0.05) is 24.8 Å². The summed E-state index contributed by atoms with van der Waals surface area (Å²) >= 11 is 0. The van der Waals surface area contributed by atoms with Crippen LogP contribution < -0.4 is 5.32 Å². The summed E-state index contributed by atoms with van der Waals surface area (Å²) in [7, 11) is 1.86. The van der Waals surface area contributed by atoms with E-state index >= 15 is 0 Å². The van der Waals surface area contributed by atoms with Gasteiger partial charge in [0.05, 0.1) is 29.8 Å². The number of rotatable bonds is 5. The molecule has 1 fully saturated rings. The molecule has 1 aliphatic carbocycles. The first kappa shape index (κ1) is 15.6. The highest BCUT2D eigenvalue weighted by Gasteiger charge is 2.28. The molecule has 0 radical (unpaired) electrons. The largest absolute Gasteiger partial charge is 0.371 e. The fourth-order valence-corrected chi connectivity index (χ4v) is 3.92. The zero-order valence-corrected chi connectivity index (χ0v) is 14.2. The van der Waals surface area contributed by atoms with Gasteiger partial charge in [-0.1, -0.05) is 12.8 Å². The van der Waals surface area contributed by atoms with Crippen molar-refractivity contribution < 1.29 is 0 Å². The van der Waals surface area contributed by atoms with Crippen molar-refractivity contribution in [1.82, 2.24) is 24.7 Å².